The van der Waals surface area contributed by atoms with Crippen LogP contribution in [0.5, 0.6) is 5.75 Å². The van der Waals surface area contributed by atoms with E-state index in [2.05, 4.69) is 15.9 Å². The fraction of sp³-hybridized carbons (Fsp3) is 0.333. The molecule has 1 atom stereocenters. The van der Waals surface area contributed by atoms with E-state index in [0.29, 0.717) is 0 Å². The average Bonchev–Trinajstić information content (AvgIpc) is 2.49. The highest BCUT2D eigenvalue weighted by Crippen LogP contribution is 2.35. The fourth-order valence-electron chi connectivity index (χ4n) is 1.40. The Hall–Kier alpha value is -0.540. The second-order valence-corrected chi connectivity index (χ2v) is 3.71. The maximum absolute atomic E-state index is 8.89. The van der Waals surface area contributed by atoms with Crippen molar-refractivity contribution < 1.29 is 9.84 Å². The largest absolute Gasteiger partial charge is 0.486 e. The first-order valence-corrected chi connectivity index (χ1v) is 4.65. The third kappa shape index (κ3) is 1.23. The van der Waals surface area contributed by atoms with Crippen LogP contribution in [0.25, 0.3) is 0 Å². The van der Waals surface area contributed by atoms with E-state index in [1.165, 1.54) is 5.56 Å². The van der Waals surface area contributed by atoms with Crippen LogP contribution >= 0.6 is 15.9 Å². The molecule has 0 fully saturated rings. The molecular formula is C9H9BrO2. The lowest BCUT2D eigenvalue weighted by molar-refractivity contribution is 0.134. The lowest BCUT2D eigenvalue weighted by Crippen LogP contribution is -2.17. The van der Waals surface area contributed by atoms with Crippen LogP contribution in [0, 0.1) is 0 Å². The predicted molar refractivity (Wildman–Crippen MR) is 49.3 cm³/mol. The topological polar surface area (TPSA) is 29.5 Å². The lowest BCUT2D eigenvalue weighted by Gasteiger charge is -2.06. The quantitative estimate of drug-likeness (QED) is 0.794. The molecular weight excluding hydrogens is 220 g/mol. The predicted octanol–water partition coefficient (Wildman–Crippen LogP) is 1.74. The van der Waals surface area contributed by atoms with Crippen LogP contribution in [0.2, 0.25) is 0 Å². The summed E-state index contributed by atoms with van der Waals surface area (Å²) in [5.41, 5.74) is 1.17. The zero-order valence-electron chi connectivity index (χ0n) is 6.46. The summed E-state index contributed by atoms with van der Waals surface area (Å²) in [7, 11) is 0. The van der Waals surface area contributed by atoms with Gasteiger partial charge in [-0.2, -0.15) is 0 Å². The molecule has 3 heteroatoms. The highest BCUT2D eigenvalue weighted by Gasteiger charge is 2.23. The first-order chi connectivity index (χ1) is 5.81. The van der Waals surface area contributed by atoms with Crippen molar-refractivity contribution in [2.24, 2.45) is 0 Å². The van der Waals surface area contributed by atoms with Crippen LogP contribution in [0.15, 0.2) is 22.7 Å². The Kier molecular flexibility index (Phi) is 2.07. The minimum atomic E-state index is -0.0568. The van der Waals surface area contributed by atoms with Gasteiger partial charge in [-0.3, -0.25) is 0 Å². The lowest BCUT2D eigenvalue weighted by atomic mass is 10.1. The van der Waals surface area contributed by atoms with Crippen molar-refractivity contribution in [1.29, 1.82) is 0 Å². The van der Waals surface area contributed by atoms with E-state index >= 15 is 0 Å². The van der Waals surface area contributed by atoms with Gasteiger partial charge in [-0.25, -0.2) is 0 Å². The number of halogens is 1. The molecule has 0 amide bonds. The minimum absolute atomic E-state index is 0.0568. The molecule has 64 valence electrons. The van der Waals surface area contributed by atoms with Gasteiger partial charge in [-0.05, 0) is 27.6 Å². The molecule has 1 aliphatic heterocycles. The number of benzene rings is 1. The van der Waals surface area contributed by atoms with E-state index in [4.69, 9.17) is 9.84 Å². The molecule has 1 aromatic carbocycles. The van der Waals surface area contributed by atoms with Crippen LogP contribution in [-0.4, -0.2) is 17.8 Å². The van der Waals surface area contributed by atoms with E-state index < -0.39 is 0 Å². The molecule has 0 bridgehead atoms. The number of hydrogen-bond donors (Lipinski definition) is 1. The normalized spacial score (nSPS) is 20.3. The Labute approximate surface area is 79.3 Å². The van der Waals surface area contributed by atoms with Gasteiger partial charge in [-0.15, -0.1) is 0 Å². The summed E-state index contributed by atoms with van der Waals surface area (Å²) >= 11 is 3.40. The number of ether oxygens (including phenoxy) is 1. The molecule has 1 heterocycles. The number of hydrogen-bond acceptors (Lipinski definition) is 2. The maximum atomic E-state index is 8.89. The molecule has 12 heavy (non-hydrogen) atoms. The minimum Gasteiger partial charge on any atom is -0.486 e. The first-order valence-electron chi connectivity index (χ1n) is 3.86. The molecule has 0 radical (unpaired) electrons. The number of para-hydroxylation sites is 1. The van der Waals surface area contributed by atoms with Gasteiger partial charge in [-0.1, -0.05) is 12.1 Å². The third-order valence-corrected chi connectivity index (χ3v) is 2.61. The summed E-state index contributed by atoms with van der Waals surface area (Å²) in [6, 6.07) is 5.94. The van der Waals surface area contributed by atoms with Crippen molar-refractivity contribution in [2.45, 2.75) is 12.5 Å². The van der Waals surface area contributed by atoms with E-state index in [-0.39, 0.29) is 12.7 Å². The zero-order chi connectivity index (χ0) is 8.55. The van der Waals surface area contributed by atoms with E-state index in [1.54, 1.807) is 0 Å². The molecule has 0 aliphatic carbocycles. The van der Waals surface area contributed by atoms with Gasteiger partial charge in [0, 0.05) is 6.42 Å². The molecule has 2 nitrogen and oxygen atoms in total. The summed E-state index contributed by atoms with van der Waals surface area (Å²) in [5.74, 6) is 0.886. The van der Waals surface area contributed by atoms with Gasteiger partial charge in [0.2, 0.25) is 0 Å². The van der Waals surface area contributed by atoms with Crippen molar-refractivity contribution in [2.75, 3.05) is 6.61 Å². The van der Waals surface area contributed by atoms with Crippen molar-refractivity contribution in [3.63, 3.8) is 0 Å². The van der Waals surface area contributed by atoms with Gasteiger partial charge in [0.05, 0.1) is 11.1 Å². The molecule has 1 N–H and O–H groups in total. The molecule has 1 aliphatic rings. The Bertz CT molecular complexity index is 299. The molecule has 0 unspecified atom stereocenters. The van der Waals surface area contributed by atoms with Crippen molar-refractivity contribution in [1.82, 2.24) is 0 Å². The SMILES string of the molecule is OC[C@@H]1Cc2cccc(Br)c2O1. The number of fused-ring (bicyclic) bond motifs is 1. The van der Waals surface area contributed by atoms with E-state index in [9.17, 15) is 0 Å². The number of aliphatic hydroxyl groups excluding tert-OH is 1. The van der Waals surface area contributed by atoms with Crippen molar-refractivity contribution in [3.05, 3.63) is 28.2 Å². The van der Waals surface area contributed by atoms with Crippen molar-refractivity contribution in [3.8, 4) is 5.75 Å². The highest BCUT2D eigenvalue weighted by atomic mass is 79.9. The molecule has 0 aromatic heterocycles. The van der Waals surface area contributed by atoms with Gasteiger partial charge in [0.15, 0.2) is 0 Å². The van der Waals surface area contributed by atoms with Gasteiger partial charge < -0.3 is 9.84 Å². The number of rotatable bonds is 1. The monoisotopic (exact) mass is 228 g/mol. The van der Waals surface area contributed by atoms with Crippen LogP contribution in [0.3, 0.4) is 0 Å². The number of aliphatic hydroxyl groups is 1. The van der Waals surface area contributed by atoms with E-state index in [1.807, 2.05) is 18.2 Å². The third-order valence-electron chi connectivity index (χ3n) is 1.98. The Morgan fingerprint density at radius 2 is 2.42 bits per heavy atom. The van der Waals surface area contributed by atoms with Crippen LogP contribution < -0.4 is 4.74 Å². The van der Waals surface area contributed by atoms with Crippen LogP contribution in [0.4, 0.5) is 0 Å². The summed E-state index contributed by atoms with van der Waals surface area (Å²) in [5, 5.41) is 8.89. The second kappa shape index (κ2) is 3.07. The molecule has 1 aromatic rings. The van der Waals surface area contributed by atoms with E-state index in [0.717, 1.165) is 16.6 Å². The summed E-state index contributed by atoms with van der Waals surface area (Å²) < 4.78 is 6.46. The van der Waals surface area contributed by atoms with Gasteiger partial charge in [0.25, 0.3) is 0 Å². The van der Waals surface area contributed by atoms with Crippen LogP contribution in [-0.2, 0) is 6.42 Å². The summed E-state index contributed by atoms with van der Waals surface area (Å²) in [6.45, 7) is 0.0844. The standard InChI is InChI=1S/C9H9BrO2/c10-8-3-1-2-6-4-7(5-11)12-9(6)8/h1-3,7,11H,4-5H2/t7-/m0/s1. The van der Waals surface area contributed by atoms with Gasteiger partial charge in [0.1, 0.15) is 11.9 Å². The summed E-state index contributed by atoms with van der Waals surface area (Å²) in [4.78, 5) is 0. The first kappa shape index (κ1) is 8.08. The summed E-state index contributed by atoms with van der Waals surface area (Å²) in [6.07, 6.45) is 0.754. The zero-order valence-corrected chi connectivity index (χ0v) is 8.04. The molecule has 0 spiro atoms. The van der Waals surface area contributed by atoms with Gasteiger partial charge >= 0.3 is 0 Å². The van der Waals surface area contributed by atoms with Crippen LogP contribution in [0.1, 0.15) is 5.56 Å². The molecule has 0 saturated carbocycles. The Morgan fingerprint density at radius 3 is 3.08 bits per heavy atom. The smallest absolute Gasteiger partial charge is 0.137 e. The second-order valence-electron chi connectivity index (χ2n) is 2.85. The Morgan fingerprint density at radius 1 is 1.58 bits per heavy atom. The fourth-order valence-corrected chi connectivity index (χ4v) is 1.90. The maximum Gasteiger partial charge on any atom is 0.137 e. The van der Waals surface area contributed by atoms with Crippen molar-refractivity contribution >= 4 is 15.9 Å². The molecule has 0 saturated heterocycles. The average molecular weight is 229 g/mol. The highest BCUT2D eigenvalue weighted by molar-refractivity contribution is 9.10. The molecule has 2 rings (SSSR count). The Balaban J connectivity index is 2.35.